The van der Waals surface area contributed by atoms with Gasteiger partial charge in [-0.25, -0.2) is 4.79 Å². The van der Waals surface area contributed by atoms with Gasteiger partial charge in [0.1, 0.15) is 11.6 Å². The Labute approximate surface area is 107 Å². The summed E-state index contributed by atoms with van der Waals surface area (Å²) in [5.41, 5.74) is 4.58. The minimum atomic E-state index is -0.789. The Hall–Kier alpha value is -1.34. The maximum Gasteiger partial charge on any atom is 0.408 e. The molecule has 0 radical (unpaired) electrons. The summed E-state index contributed by atoms with van der Waals surface area (Å²) < 4.78 is 5.01. The van der Waals surface area contributed by atoms with E-state index in [0.717, 1.165) is 0 Å². The first-order valence-electron chi connectivity index (χ1n) is 5.81. The number of amides is 2. The van der Waals surface area contributed by atoms with E-state index < -0.39 is 29.7 Å². The summed E-state index contributed by atoms with van der Waals surface area (Å²) in [5.74, 6) is -0.409. The van der Waals surface area contributed by atoms with Crippen LogP contribution in [0.3, 0.4) is 0 Å². The molecule has 7 nitrogen and oxygen atoms in total. The van der Waals surface area contributed by atoms with E-state index in [1.54, 1.807) is 20.8 Å². The van der Waals surface area contributed by atoms with E-state index in [-0.39, 0.29) is 13.1 Å². The summed E-state index contributed by atoms with van der Waals surface area (Å²) in [6.45, 7) is 6.83. The van der Waals surface area contributed by atoms with Crippen LogP contribution in [0.2, 0.25) is 0 Å². The quantitative estimate of drug-likeness (QED) is 0.524. The Morgan fingerprint density at radius 3 is 2.39 bits per heavy atom. The molecule has 0 fully saturated rings. The lowest BCUT2D eigenvalue weighted by atomic mass is 10.2. The highest BCUT2D eigenvalue weighted by Crippen LogP contribution is 2.06. The Balaban J connectivity index is 4.04. The summed E-state index contributed by atoms with van der Waals surface area (Å²) in [6.07, 6.45) is -1.45. The molecular weight excluding hydrogens is 238 g/mol. The van der Waals surface area contributed by atoms with Gasteiger partial charge in [-0.1, -0.05) is 0 Å². The SMILES string of the molecule is C[C@H](NC(=O)OC(C)(C)C)C(=O)NCC(O)CN. The topological polar surface area (TPSA) is 114 Å². The third-order valence-corrected chi connectivity index (χ3v) is 1.91. The molecule has 0 aromatic rings. The second-order valence-electron chi connectivity index (χ2n) is 5.00. The van der Waals surface area contributed by atoms with Gasteiger partial charge >= 0.3 is 6.09 Å². The summed E-state index contributed by atoms with van der Waals surface area (Å²) in [4.78, 5) is 22.9. The first-order chi connectivity index (χ1) is 8.15. The van der Waals surface area contributed by atoms with Crippen molar-refractivity contribution in [1.29, 1.82) is 0 Å². The van der Waals surface area contributed by atoms with Crippen molar-refractivity contribution in [3.63, 3.8) is 0 Å². The largest absolute Gasteiger partial charge is 0.444 e. The molecule has 0 rings (SSSR count). The predicted octanol–water partition coefficient (Wildman–Crippen LogP) is -0.665. The normalized spacial score (nSPS) is 14.6. The molecule has 0 aromatic carbocycles. The third-order valence-electron chi connectivity index (χ3n) is 1.91. The zero-order valence-electron chi connectivity index (χ0n) is 11.3. The van der Waals surface area contributed by atoms with Gasteiger partial charge in [-0.2, -0.15) is 0 Å². The van der Waals surface area contributed by atoms with Crippen LogP contribution in [0.4, 0.5) is 4.79 Å². The number of alkyl carbamates (subject to hydrolysis) is 1. The minimum Gasteiger partial charge on any atom is -0.444 e. The van der Waals surface area contributed by atoms with Gasteiger partial charge in [-0.3, -0.25) is 4.79 Å². The second-order valence-corrected chi connectivity index (χ2v) is 5.00. The lowest BCUT2D eigenvalue weighted by molar-refractivity contribution is -0.123. The fourth-order valence-electron chi connectivity index (χ4n) is 1.00. The van der Waals surface area contributed by atoms with Gasteiger partial charge in [0.25, 0.3) is 0 Å². The van der Waals surface area contributed by atoms with Crippen molar-refractivity contribution < 1.29 is 19.4 Å². The lowest BCUT2D eigenvalue weighted by Crippen LogP contribution is -2.48. The fraction of sp³-hybridized carbons (Fsp3) is 0.818. The lowest BCUT2D eigenvalue weighted by Gasteiger charge is -2.21. The molecule has 0 aliphatic heterocycles. The molecule has 2 amide bonds. The molecule has 0 saturated heterocycles. The molecule has 0 saturated carbocycles. The van der Waals surface area contributed by atoms with Gasteiger partial charge < -0.3 is 26.2 Å². The zero-order chi connectivity index (χ0) is 14.3. The van der Waals surface area contributed by atoms with Crippen molar-refractivity contribution in [2.75, 3.05) is 13.1 Å². The van der Waals surface area contributed by atoms with Crippen LogP contribution in [0.1, 0.15) is 27.7 Å². The van der Waals surface area contributed by atoms with Gasteiger partial charge in [-0.15, -0.1) is 0 Å². The van der Waals surface area contributed by atoms with Gasteiger partial charge in [0.05, 0.1) is 6.10 Å². The highest BCUT2D eigenvalue weighted by Gasteiger charge is 2.21. The number of nitrogens with one attached hydrogen (secondary N) is 2. The number of aliphatic hydroxyl groups is 1. The maximum atomic E-state index is 11.5. The zero-order valence-corrected chi connectivity index (χ0v) is 11.3. The van der Waals surface area contributed by atoms with Crippen LogP contribution in [0.25, 0.3) is 0 Å². The fourth-order valence-corrected chi connectivity index (χ4v) is 1.00. The van der Waals surface area contributed by atoms with Crippen LogP contribution in [0.5, 0.6) is 0 Å². The summed E-state index contributed by atoms with van der Waals surface area (Å²) in [5, 5.41) is 14.0. The molecular formula is C11H23N3O4. The van der Waals surface area contributed by atoms with E-state index in [1.807, 2.05) is 0 Å². The summed E-state index contributed by atoms with van der Waals surface area (Å²) >= 11 is 0. The van der Waals surface area contributed by atoms with E-state index in [9.17, 15) is 14.7 Å². The van der Waals surface area contributed by atoms with Crippen molar-refractivity contribution in [2.45, 2.75) is 45.4 Å². The first kappa shape index (κ1) is 16.7. The standard InChI is InChI=1S/C11H23N3O4/c1-7(9(16)13-6-8(15)5-12)14-10(17)18-11(2,3)4/h7-8,15H,5-6,12H2,1-4H3,(H,13,16)(H,14,17)/t7-,8?/m0/s1. The molecule has 7 heteroatoms. The molecule has 1 unspecified atom stereocenters. The van der Waals surface area contributed by atoms with Crippen molar-refractivity contribution in [1.82, 2.24) is 10.6 Å². The molecule has 0 bridgehead atoms. The number of carbonyl (C=O) groups excluding carboxylic acids is 2. The van der Waals surface area contributed by atoms with Crippen LogP contribution in [-0.2, 0) is 9.53 Å². The Morgan fingerprint density at radius 1 is 1.39 bits per heavy atom. The van der Waals surface area contributed by atoms with Crippen LogP contribution < -0.4 is 16.4 Å². The van der Waals surface area contributed by atoms with E-state index in [2.05, 4.69) is 10.6 Å². The predicted molar refractivity (Wildman–Crippen MR) is 66.9 cm³/mol. The highest BCUT2D eigenvalue weighted by molar-refractivity contribution is 5.85. The van der Waals surface area contributed by atoms with Crippen molar-refractivity contribution >= 4 is 12.0 Å². The van der Waals surface area contributed by atoms with Gasteiger partial charge in [0.15, 0.2) is 0 Å². The Bertz CT molecular complexity index is 289. The molecule has 18 heavy (non-hydrogen) atoms. The van der Waals surface area contributed by atoms with Crippen molar-refractivity contribution in [2.24, 2.45) is 5.73 Å². The Morgan fingerprint density at radius 2 is 1.94 bits per heavy atom. The average molecular weight is 261 g/mol. The van der Waals surface area contributed by atoms with Crippen LogP contribution in [0.15, 0.2) is 0 Å². The van der Waals surface area contributed by atoms with Gasteiger partial charge in [0, 0.05) is 13.1 Å². The molecule has 0 heterocycles. The van der Waals surface area contributed by atoms with E-state index in [4.69, 9.17) is 10.5 Å². The molecule has 0 spiro atoms. The number of rotatable bonds is 5. The van der Waals surface area contributed by atoms with Crippen LogP contribution in [-0.4, -0.2) is 47.9 Å². The number of nitrogens with two attached hydrogens (primary N) is 1. The van der Waals surface area contributed by atoms with E-state index in [0.29, 0.717) is 0 Å². The number of carbonyl (C=O) groups is 2. The third kappa shape index (κ3) is 7.86. The monoisotopic (exact) mass is 261 g/mol. The average Bonchev–Trinajstić information content (AvgIpc) is 2.22. The molecule has 0 aromatic heterocycles. The van der Waals surface area contributed by atoms with Crippen molar-refractivity contribution in [3.8, 4) is 0 Å². The molecule has 2 atom stereocenters. The number of ether oxygens (including phenoxy) is 1. The molecule has 106 valence electrons. The molecule has 0 aliphatic carbocycles. The minimum absolute atomic E-state index is 0.0513. The number of aliphatic hydroxyl groups excluding tert-OH is 1. The van der Waals surface area contributed by atoms with Crippen molar-refractivity contribution in [3.05, 3.63) is 0 Å². The number of hydrogen-bond acceptors (Lipinski definition) is 5. The molecule has 5 N–H and O–H groups in total. The highest BCUT2D eigenvalue weighted by atomic mass is 16.6. The van der Waals surface area contributed by atoms with Gasteiger partial charge in [-0.05, 0) is 27.7 Å². The van der Waals surface area contributed by atoms with Crippen LogP contribution in [0, 0.1) is 0 Å². The maximum absolute atomic E-state index is 11.5. The Kier molecular flexibility index (Phi) is 6.64. The van der Waals surface area contributed by atoms with Crippen LogP contribution >= 0.6 is 0 Å². The van der Waals surface area contributed by atoms with E-state index in [1.165, 1.54) is 6.92 Å². The number of hydrogen-bond donors (Lipinski definition) is 4. The van der Waals surface area contributed by atoms with Gasteiger partial charge in [0.2, 0.25) is 5.91 Å². The molecule has 0 aliphatic rings. The summed E-state index contributed by atoms with van der Waals surface area (Å²) in [6, 6.07) is -0.746. The first-order valence-corrected chi connectivity index (χ1v) is 5.81. The second kappa shape index (κ2) is 7.17. The van der Waals surface area contributed by atoms with E-state index >= 15 is 0 Å². The summed E-state index contributed by atoms with van der Waals surface area (Å²) in [7, 11) is 0. The smallest absolute Gasteiger partial charge is 0.408 e.